The average Bonchev–Trinajstić information content (AvgIpc) is 2.47. The SMILES string of the molecule is COc1ccc(C(=O)C(N)Cc2ccccc2)c(F)c1. The topological polar surface area (TPSA) is 52.3 Å². The molecule has 0 saturated heterocycles. The van der Waals surface area contributed by atoms with E-state index in [-0.39, 0.29) is 5.56 Å². The molecule has 104 valence electrons. The van der Waals surface area contributed by atoms with Crippen LogP contribution in [-0.2, 0) is 6.42 Å². The van der Waals surface area contributed by atoms with Gasteiger partial charge in [0.25, 0.3) is 0 Å². The molecule has 0 amide bonds. The van der Waals surface area contributed by atoms with Gasteiger partial charge < -0.3 is 10.5 Å². The Morgan fingerprint density at radius 1 is 1.25 bits per heavy atom. The lowest BCUT2D eigenvalue weighted by Gasteiger charge is -2.12. The van der Waals surface area contributed by atoms with E-state index in [4.69, 9.17) is 10.5 Å². The van der Waals surface area contributed by atoms with Crippen molar-refractivity contribution in [3.8, 4) is 5.75 Å². The van der Waals surface area contributed by atoms with Gasteiger partial charge in [0.2, 0.25) is 0 Å². The van der Waals surface area contributed by atoms with Crippen molar-refractivity contribution < 1.29 is 13.9 Å². The number of carbonyl (C=O) groups is 1. The molecule has 0 aromatic heterocycles. The van der Waals surface area contributed by atoms with Crippen LogP contribution >= 0.6 is 0 Å². The first-order valence-electron chi connectivity index (χ1n) is 6.29. The fourth-order valence-electron chi connectivity index (χ4n) is 1.98. The molecule has 0 fully saturated rings. The maximum absolute atomic E-state index is 13.8. The summed E-state index contributed by atoms with van der Waals surface area (Å²) >= 11 is 0. The van der Waals surface area contributed by atoms with Gasteiger partial charge >= 0.3 is 0 Å². The van der Waals surface area contributed by atoms with Crippen molar-refractivity contribution in [3.63, 3.8) is 0 Å². The number of halogens is 1. The monoisotopic (exact) mass is 273 g/mol. The highest BCUT2D eigenvalue weighted by atomic mass is 19.1. The zero-order valence-corrected chi connectivity index (χ0v) is 11.2. The van der Waals surface area contributed by atoms with Crippen LogP contribution in [0.1, 0.15) is 15.9 Å². The maximum atomic E-state index is 13.8. The van der Waals surface area contributed by atoms with Crippen molar-refractivity contribution in [2.75, 3.05) is 7.11 Å². The Kier molecular flexibility index (Phi) is 4.48. The van der Waals surface area contributed by atoms with Crippen molar-refractivity contribution >= 4 is 5.78 Å². The van der Waals surface area contributed by atoms with Crippen LogP contribution in [0.3, 0.4) is 0 Å². The number of carbonyl (C=O) groups excluding carboxylic acids is 1. The van der Waals surface area contributed by atoms with Gasteiger partial charge in [-0.2, -0.15) is 0 Å². The summed E-state index contributed by atoms with van der Waals surface area (Å²) in [6.07, 6.45) is 0.380. The number of rotatable bonds is 5. The van der Waals surface area contributed by atoms with Gasteiger partial charge in [-0.15, -0.1) is 0 Å². The lowest BCUT2D eigenvalue weighted by Crippen LogP contribution is -2.33. The Balaban J connectivity index is 2.14. The summed E-state index contributed by atoms with van der Waals surface area (Å²) in [4.78, 5) is 12.2. The molecule has 2 aromatic carbocycles. The van der Waals surface area contributed by atoms with Crippen LogP contribution in [0.2, 0.25) is 0 Å². The molecule has 20 heavy (non-hydrogen) atoms. The van der Waals surface area contributed by atoms with Crippen molar-refractivity contribution in [1.82, 2.24) is 0 Å². The van der Waals surface area contributed by atoms with Crippen molar-refractivity contribution in [2.24, 2.45) is 5.73 Å². The van der Waals surface area contributed by atoms with E-state index in [2.05, 4.69) is 0 Å². The van der Waals surface area contributed by atoms with Gasteiger partial charge in [0.1, 0.15) is 11.6 Å². The molecule has 0 spiro atoms. The largest absolute Gasteiger partial charge is 0.497 e. The minimum atomic E-state index is -0.764. The fourth-order valence-corrected chi connectivity index (χ4v) is 1.98. The van der Waals surface area contributed by atoms with Gasteiger partial charge in [-0.05, 0) is 24.1 Å². The van der Waals surface area contributed by atoms with Crippen LogP contribution in [-0.4, -0.2) is 18.9 Å². The number of Topliss-reactive ketones (excluding diaryl/α,β-unsaturated/α-hetero) is 1. The van der Waals surface area contributed by atoms with E-state index in [0.717, 1.165) is 5.56 Å². The van der Waals surface area contributed by atoms with Gasteiger partial charge in [-0.25, -0.2) is 4.39 Å². The van der Waals surface area contributed by atoms with Gasteiger partial charge in [-0.3, -0.25) is 4.79 Å². The molecule has 0 aliphatic heterocycles. The Morgan fingerprint density at radius 2 is 1.95 bits per heavy atom. The first kappa shape index (κ1) is 14.2. The molecule has 1 atom stereocenters. The quantitative estimate of drug-likeness (QED) is 0.852. The molecule has 2 rings (SSSR count). The van der Waals surface area contributed by atoms with E-state index in [9.17, 15) is 9.18 Å². The molecule has 0 radical (unpaired) electrons. The van der Waals surface area contributed by atoms with Crippen molar-refractivity contribution in [1.29, 1.82) is 0 Å². The molecular formula is C16H16FNO2. The van der Waals surface area contributed by atoms with Crippen molar-refractivity contribution in [3.05, 3.63) is 65.5 Å². The molecule has 0 saturated carbocycles. The summed E-state index contributed by atoms with van der Waals surface area (Å²) in [5.74, 6) is -0.650. The smallest absolute Gasteiger partial charge is 0.182 e. The minimum absolute atomic E-state index is 0.00534. The first-order valence-corrected chi connectivity index (χ1v) is 6.29. The van der Waals surface area contributed by atoms with E-state index >= 15 is 0 Å². The Labute approximate surface area is 117 Å². The summed E-state index contributed by atoms with van der Waals surface area (Å²) in [7, 11) is 1.44. The molecular weight excluding hydrogens is 257 g/mol. The van der Waals surface area contributed by atoms with E-state index < -0.39 is 17.6 Å². The van der Waals surface area contributed by atoms with Gasteiger partial charge in [0.15, 0.2) is 5.78 Å². The van der Waals surface area contributed by atoms with E-state index in [1.807, 2.05) is 30.3 Å². The highest BCUT2D eigenvalue weighted by molar-refractivity contribution is 6.00. The average molecular weight is 273 g/mol. The van der Waals surface area contributed by atoms with Crippen LogP contribution < -0.4 is 10.5 Å². The fraction of sp³-hybridized carbons (Fsp3) is 0.188. The molecule has 0 aliphatic rings. The number of hydrogen-bond donors (Lipinski definition) is 1. The summed E-state index contributed by atoms with van der Waals surface area (Å²) in [6, 6.07) is 12.8. The Hall–Kier alpha value is -2.20. The molecule has 4 heteroatoms. The second kappa shape index (κ2) is 6.30. The van der Waals surface area contributed by atoms with E-state index in [0.29, 0.717) is 12.2 Å². The van der Waals surface area contributed by atoms with Crippen LogP contribution in [0.15, 0.2) is 48.5 Å². The number of methoxy groups -OCH3 is 1. The van der Waals surface area contributed by atoms with Gasteiger partial charge in [0, 0.05) is 6.07 Å². The maximum Gasteiger partial charge on any atom is 0.182 e. The van der Waals surface area contributed by atoms with Crippen LogP contribution in [0.4, 0.5) is 4.39 Å². The Morgan fingerprint density at radius 3 is 2.55 bits per heavy atom. The summed E-state index contributed by atoms with van der Waals surface area (Å²) in [5.41, 5.74) is 6.81. The zero-order chi connectivity index (χ0) is 14.5. The lowest BCUT2D eigenvalue weighted by molar-refractivity contribution is 0.0957. The number of nitrogens with two attached hydrogens (primary N) is 1. The number of ketones is 1. The minimum Gasteiger partial charge on any atom is -0.497 e. The first-order chi connectivity index (χ1) is 9.61. The molecule has 0 heterocycles. The predicted octanol–water partition coefficient (Wildman–Crippen LogP) is 2.59. The second-order valence-corrected chi connectivity index (χ2v) is 4.51. The van der Waals surface area contributed by atoms with Gasteiger partial charge in [-0.1, -0.05) is 30.3 Å². The van der Waals surface area contributed by atoms with Crippen molar-refractivity contribution in [2.45, 2.75) is 12.5 Å². The molecule has 2 N–H and O–H groups in total. The number of benzene rings is 2. The second-order valence-electron chi connectivity index (χ2n) is 4.51. The molecule has 0 aliphatic carbocycles. The normalized spacial score (nSPS) is 11.9. The third-order valence-corrected chi connectivity index (χ3v) is 3.08. The molecule has 1 unspecified atom stereocenters. The zero-order valence-electron chi connectivity index (χ0n) is 11.2. The third kappa shape index (κ3) is 3.22. The van der Waals surface area contributed by atoms with E-state index in [1.54, 1.807) is 6.07 Å². The molecule has 0 bridgehead atoms. The van der Waals surface area contributed by atoms with Crippen LogP contribution in [0, 0.1) is 5.82 Å². The highest BCUT2D eigenvalue weighted by Gasteiger charge is 2.20. The number of hydrogen-bond acceptors (Lipinski definition) is 3. The third-order valence-electron chi connectivity index (χ3n) is 3.08. The van der Waals surface area contributed by atoms with Crippen LogP contribution in [0.5, 0.6) is 5.75 Å². The molecule has 2 aromatic rings. The lowest BCUT2D eigenvalue weighted by atomic mass is 9.98. The van der Waals surface area contributed by atoms with Crippen LogP contribution in [0.25, 0.3) is 0 Å². The summed E-state index contributed by atoms with van der Waals surface area (Å²) < 4.78 is 18.7. The number of ether oxygens (including phenoxy) is 1. The summed E-state index contributed by atoms with van der Waals surface area (Å²) in [5, 5.41) is 0. The Bertz CT molecular complexity index is 599. The van der Waals surface area contributed by atoms with Gasteiger partial charge in [0.05, 0.1) is 18.7 Å². The van der Waals surface area contributed by atoms with E-state index in [1.165, 1.54) is 19.2 Å². The predicted molar refractivity (Wildman–Crippen MR) is 75.4 cm³/mol. The summed E-state index contributed by atoms with van der Waals surface area (Å²) in [6.45, 7) is 0. The highest BCUT2D eigenvalue weighted by Crippen LogP contribution is 2.18. The molecule has 3 nitrogen and oxygen atoms in total. The standard InChI is InChI=1S/C16H16FNO2/c1-20-12-7-8-13(14(17)10-12)16(19)15(18)9-11-5-3-2-4-6-11/h2-8,10,15H,9,18H2,1H3.